The van der Waals surface area contributed by atoms with Crippen molar-refractivity contribution in [3.63, 3.8) is 0 Å². The lowest BCUT2D eigenvalue weighted by molar-refractivity contribution is -0.115. The molecule has 3 rings (SSSR count). The van der Waals surface area contributed by atoms with Crippen molar-refractivity contribution in [1.29, 1.82) is 5.26 Å². The number of ether oxygens (including phenoxy) is 2. The zero-order valence-electron chi connectivity index (χ0n) is 14.9. The number of nitriles is 1. The first-order valence-electron chi connectivity index (χ1n) is 8.19. The van der Waals surface area contributed by atoms with E-state index in [4.69, 9.17) is 9.47 Å². The summed E-state index contributed by atoms with van der Waals surface area (Å²) in [6.07, 6.45) is 0.317. The smallest absolute Gasteiger partial charge is 0.231 e. The van der Waals surface area contributed by atoms with Gasteiger partial charge in [-0.2, -0.15) is 5.26 Å². The van der Waals surface area contributed by atoms with E-state index in [0.717, 1.165) is 16.8 Å². The van der Waals surface area contributed by atoms with Gasteiger partial charge >= 0.3 is 0 Å². The average Bonchev–Trinajstić information content (AvgIpc) is 3.08. The summed E-state index contributed by atoms with van der Waals surface area (Å²) in [5.41, 5.74) is 4.16. The summed E-state index contributed by atoms with van der Waals surface area (Å²) in [4.78, 5) is 16.7. The number of aryl methyl sites for hydroxylation is 1. The first kappa shape index (κ1) is 18.1. The third-order valence-electron chi connectivity index (χ3n) is 4.30. The maximum absolute atomic E-state index is 12.2. The molecule has 1 amide bonds. The Morgan fingerprint density at radius 2 is 2.04 bits per heavy atom. The number of pyridine rings is 1. The second-order valence-electron chi connectivity index (χ2n) is 5.95. The van der Waals surface area contributed by atoms with Crippen molar-refractivity contribution in [2.75, 3.05) is 17.9 Å². The van der Waals surface area contributed by atoms with E-state index < -0.39 is 0 Å². The summed E-state index contributed by atoms with van der Waals surface area (Å²) < 4.78 is 10.6. The predicted octanol–water partition coefficient (Wildman–Crippen LogP) is 3.73. The molecule has 0 unspecified atom stereocenters. The van der Waals surface area contributed by atoms with Crippen molar-refractivity contribution in [1.82, 2.24) is 4.98 Å². The number of carbonyl (C=O) groups is 1. The normalized spacial score (nSPS) is 11.9. The Balaban J connectivity index is 1.58. The minimum absolute atomic E-state index is 0.101. The summed E-state index contributed by atoms with van der Waals surface area (Å²) in [5.74, 6) is 1.75. The van der Waals surface area contributed by atoms with E-state index in [9.17, 15) is 10.1 Å². The fourth-order valence-electron chi connectivity index (χ4n) is 2.59. The standard InChI is InChI=1S/C19H19N3O3S/c1-11-12(2)15(9-20)19(21-13(11)3)26-7-6-18(23)22-14-4-5-16-17(8-14)25-10-24-16/h4-5,8H,6-7,10H2,1-3H3,(H,22,23). The van der Waals surface area contributed by atoms with E-state index in [2.05, 4.69) is 16.4 Å². The van der Waals surface area contributed by atoms with Gasteiger partial charge in [0.1, 0.15) is 11.1 Å². The van der Waals surface area contributed by atoms with E-state index in [1.54, 1.807) is 18.2 Å². The lowest BCUT2D eigenvalue weighted by atomic mass is 10.1. The van der Waals surface area contributed by atoms with Gasteiger partial charge in [0.2, 0.25) is 12.7 Å². The lowest BCUT2D eigenvalue weighted by Crippen LogP contribution is -2.12. The average molecular weight is 369 g/mol. The Kier molecular flexibility index (Phi) is 5.33. The monoisotopic (exact) mass is 369 g/mol. The van der Waals surface area contributed by atoms with Crippen LogP contribution in [-0.4, -0.2) is 23.4 Å². The van der Waals surface area contributed by atoms with Crippen LogP contribution in [0.5, 0.6) is 11.5 Å². The van der Waals surface area contributed by atoms with Crippen molar-refractivity contribution < 1.29 is 14.3 Å². The number of hydrogen-bond donors (Lipinski definition) is 1. The molecule has 6 nitrogen and oxygen atoms in total. The van der Waals surface area contributed by atoms with Gasteiger partial charge in [-0.25, -0.2) is 4.98 Å². The highest BCUT2D eigenvalue weighted by Gasteiger charge is 2.15. The molecule has 26 heavy (non-hydrogen) atoms. The van der Waals surface area contributed by atoms with Crippen LogP contribution in [0.1, 0.15) is 28.8 Å². The number of nitrogens with zero attached hydrogens (tertiary/aromatic N) is 2. The van der Waals surface area contributed by atoms with Crippen LogP contribution in [0.2, 0.25) is 0 Å². The maximum Gasteiger partial charge on any atom is 0.231 e. The predicted molar refractivity (Wildman–Crippen MR) is 99.7 cm³/mol. The van der Waals surface area contributed by atoms with E-state index >= 15 is 0 Å². The number of thioether (sulfide) groups is 1. The molecule has 0 saturated heterocycles. The van der Waals surface area contributed by atoms with Crippen molar-refractivity contribution in [2.24, 2.45) is 0 Å². The molecular formula is C19H19N3O3S. The molecule has 0 radical (unpaired) electrons. The Labute approximate surface area is 156 Å². The Morgan fingerprint density at radius 1 is 1.27 bits per heavy atom. The van der Waals surface area contributed by atoms with Gasteiger partial charge in [0.05, 0.1) is 5.56 Å². The molecule has 0 saturated carbocycles. The quantitative estimate of drug-likeness (QED) is 0.809. The van der Waals surface area contributed by atoms with Crippen molar-refractivity contribution in [3.05, 3.63) is 40.6 Å². The van der Waals surface area contributed by atoms with Gasteiger partial charge in [0.25, 0.3) is 0 Å². The summed E-state index contributed by atoms with van der Waals surface area (Å²) >= 11 is 1.43. The summed E-state index contributed by atoms with van der Waals surface area (Å²) in [6.45, 7) is 6.03. The van der Waals surface area contributed by atoms with E-state index in [-0.39, 0.29) is 12.7 Å². The van der Waals surface area contributed by atoms with Crippen molar-refractivity contribution in [3.8, 4) is 17.6 Å². The molecule has 1 aliphatic heterocycles. The van der Waals surface area contributed by atoms with Crippen LogP contribution >= 0.6 is 11.8 Å². The van der Waals surface area contributed by atoms with E-state index in [0.29, 0.717) is 39.9 Å². The number of aromatic nitrogens is 1. The maximum atomic E-state index is 12.2. The molecule has 0 fully saturated rings. The number of benzene rings is 1. The number of amides is 1. The van der Waals surface area contributed by atoms with Crippen molar-refractivity contribution >= 4 is 23.4 Å². The van der Waals surface area contributed by atoms with Gasteiger partial charge in [0.15, 0.2) is 11.5 Å². The van der Waals surface area contributed by atoms with Crippen LogP contribution in [0.15, 0.2) is 23.2 Å². The van der Waals surface area contributed by atoms with Crippen LogP contribution in [0.25, 0.3) is 0 Å². The molecule has 1 aromatic heterocycles. The van der Waals surface area contributed by atoms with Gasteiger partial charge < -0.3 is 14.8 Å². The Morgan fingerprint density at radius 3 is 2.81 bits per heavy atom. The molecular weight excluding hydrogens is 350 g/mol. The number of fused-ring (bicyclic) bond motifs is 1. The van der Waals surface area contributed by atoms with Gasteiger partial charge in [0, 0.05) is 29.6 Å². The first-order chi connectivity index (χ1) is 12.5. The third kappa shape index (κ3) is 3.75. The van der Waals surface area contributed by atoms with Gasteiger partial charge in [-0.1, -0.05) is 0 Å². The lowest BCUT2D eigenvalue weighted by Gasteiger charge is -2.11. The van der Waals surface area contributed by atoms with Crippen LogP contribution < -0.4 is 14.8 Å². The molecule has 0 atom stereocenters. The largest absolute Gasteiger partial charge is 0.454 e. The highest BCUT2D eigenvalue weighted by molar-refractivity contribution is 7.99. The Hall–Kier alpha value is -2.72. The van der Waals surface area contributed by atoms with Crippen LogP contribution in [0.3, 0.4) is 0 Å². The van der Waals surface area contributed by atoms with Crippen LogP contribution in [0, 0.1) is 32.1 Å². The van der Waals surface area contributed by atoms with Gasteiger partial charge in [-0.15, -0.1) is 11.8 Å². The number of anilines is 1. The zero-order chi connectivity index (χ0) is 18.7. The highest BCUT2D eigenvalue weighted by Crippen LogP contribution is 2.34. The molecule has 1 aromatic carbocycles. The molecule has 0 spiro atoms. The van der Waals surface area contributed by atoms with Crippen molar-refractivity contribution in [2.45, 2.75) is 32.2 Å². The molecule has 134 valence electrons. The molecule has 2 heterocycles. The minimum Gasteiger partial charge on any atom is -0.454 e. The van der Waals surface area contributed by atoms with Crippen LogP contribution in [0.4, 0.5) is 5.69 Å². The van der Waals surface area contributed by atoms with E-state index in [1.807, 2.05) is 20.8 Å². The first-order valence-corrected chi connectivity index (χ1v) is 9.18. The molecule has 1 N–H and O–H groups in total. The van der Waals surface area contributed by atoms with Gasteiger partial charge in [-0.3, -0.25) is 4.79 Å². The SMILES string of the molecule is Cc1nc(SCCC(=O)Nc2ccc3c(c2)OCO3)c(C#N)c(C)c1C. The summed E-state index contributed by atoms with van der Waals surface area (Å²) in [7, 11) is 0. The minimum atomic E-state index is -0.101. The Bertz CT molecular complexity index is 906. The fourth-order valence-corrected chi connectivity index (χ4v) is 3.61. The number of nitrogens with one attached hydrogen (secondary N) is 1. The second kappa shape index (κ2) is 7.67. The zero-order valence-corrected chi connectivity index (χ0v) is 15.7. The topological polar surface area (TPSA) is 84.2 Å². The molecule has 1 aliphatic rings. The molecule has 0 bridgehead atoms. The summed E-state index contributed by atoms with van der Waals surface area (Å²) in [6, 6.07) is 7.52. The third-order valence-corrected chi connectivity index (χ3v) is 5.28. The summed E-state index contributed by atoms with van der Waals surface area (Å²) in [5, 5.41) is 12.9. The van der Waals surface area contributed by atoms with Gasteiger partial charge in [-0.05, 0) is 44.0 Å². The highest BCUT2D eigenvalue weighted by atomic mass is 32.2. The molecule has 7 heteroatoms. The second-order valence-corrected chi connectivity index (χ2v) is 7.04. The molecule has 2 aromatic rings. The number of hydrogen-bond acceptors (Lipinski definition) is 6. The number of carbonyl (C=O) groups excluding carboxylic acids is 1. The fraction of sp³-hybridized carbons (Fsp3) is 0.316. The van der Waals surface area contributed by atoms with E-state index in [1.165, 1.54) is 11.8 Å². The number of rotatable bonds is 5. The van der Waals surface area contributed by atoms with Crippen LogP contribution in [-0.2, 0) is 4.79 Å². The molecule has 0 aliphatic carbocycles.